The van der Waals surface area contributed by atoms with E-state index in [-0.39, 0.29) is 23.0 Å². The number of thiazole rings is 1. The third-order valence-corrected chi connectivity index (χ3v) is 6.82. The monoisotopic (exact) mass is 522 g/mol. The highest BCUT2D eigenvalue weighted by Crippen LogP contribution is 2.29. The van der Waals surface area contributed by atoms with E-state index in [0.29, 0.717) is 16.5 Å². The zero-order chi connectivity index (χ0) is 25.7. The number of nitro groups is 1. The number of non-ortho nitro benzene ring substituents is 1. The number of hydrogen-bond acceptors (Lipinski definition) is 7. The highest BCUT2D eigenvalue weighted by atomic mass is 32.2. The SMILES string of the molecule is CC(Sc1cccc(NC(=O)c2cccc([N+](=O)[O-])c2)c1)C(=O)Nc1nc(-c2ccc(F)cc2)cs1. The number of halogens is 1. The van der Waals surface area contributed by atoms with Gasteiger partial charge in [0.15, 0.2) is 5.13 Å². The smallest absolute Gasteiger partial charge is 0.270 e. The van der Waals surface area contributed by atoms with Crippen molar-refractivity contribution in [3.05, 3.63) is 99.7 Å². The van der Waals surface area contributed by atoms with Crippen LogP contribution in [0, 0.1) is 15.9 Å². The van der Waals surface area contributed by atoms with Gasteiger partial charge in [0.1, 0.15) is 5.82 Å². The van der Waals surface area contributed by atoms with Gasteiger partial charge in [-0.25, -0.2) is 9.37 Å². The second kappa shape index (κ2) is 11.1. The molecule has 1 unspecified atom stereocenters. The van der Waals surface area contributed by atoms with Gasteiger partial charge in [0.25, 0.3) is 11.6 Å². The maximum absolute atomic E-state index is 13.1. The van der Waals surface area contributed by atoms with Crippen LogP contribution in [0.15, 0.2) is 83.1 Å². The molecular formula is C25H19FN4O4S2. The van der Waals surface area contributed by atoms with Crippen molar-refractivity contribution < 1.29 is 18.9 Å². The second-order valence-electron chi connectivity index (χ2n) is 7.58. The molecule has 0 aliphatic carbocycles. The number of nitrogens with zero attached hydrogens (tertiary/aromatic N) is 2. The molecule has 2 N–H and O–H groups in total. The van der Waals surface area contributed by atoms with Crippen LogP contribution >= 0.6 is 23.1 Å². The summed E-state index contributed by atoms with van der Waals surface area (Å²) in [5, 5.41) is 18.2. The van der Waals surface area contributed by atoms with Gasteiger partial charge >= 0.3 is 0 Å². The standard InChI is InChI=1S/C25H19FN4O4S2/c1-15(23(31)29-25-28-22(14-35-25)16-8-10-18(26)11-9-16)36-21-7-3-5-19(13-21)27-24(32)17-4-2-6-20(12-17)30(33)34/h2-15H,1H3,(H,27,32)(H,28,29,31). The van der Waals surface area contributed by atoms with Crippen molar-refractivity contribution in [2.75, 3.05) is 10.6 Å². The summed E-state index contributed by atoms with van der Waals surface area (Å²) in [6, 6.07) is 18.4. The molecule has 0 bridgehead atoms. The number of rotatable bonds is 8. The molecule has 2 amide bonds. The van der Waals surface area contributed by atoms with Crippen molar-refractivity contribution in [1.82, 2.24) is 4.98 Å². The lowest BCUT2D eigenvalue weighted by atomic mass is 10.2. The molecule has 11 heteroatoms. The van der Waals surface area contributed by atoms with Gasteiger partial charge < -0.3 is 10.6 Å². The molecule has 182 valence electrons. The van der Waals surface area contributed by atoms with Gasteiger partial charge in [-0.15, -0.1) is 23.1 Å². The topological polar surface area (TPSA) is 114 Å². The predicted octanol–water partition coefficient (Wildman–Crippen LogP) is 6.23. The summed E-state index contributed by atoms with van der Waals surface area (Å²) in [4.78, 5) is 40.8. The van der Waals surface area contributed by atoms with Crippen molar-refractivity contribution in [3.63, 3.8) is 0 Å². The van der Waals surface area contributed by atoms with E-state index in [9.17, 15) is 24.1 Å². The second-order valence-corrected chi connectivity index (χ2v) is 9.86. The molecule has 0 aliphatic rings. The number of nitro benzene ring substituents is 1. The largest absolute Gasteiger partial charge is 0.322 e. The minimum atomic E-state index is -0.560. The summed E-state index contributed by atoms with van der Waals surface area (Å²) < 4.78 is 13.1. The maximum Gasteiger partial charge on any atom is 0.270 e. The molecule has 0 spiro atoms. The van der Waals surface area contributed by atoms with Gasteiger partial charge in [0, 0.05) is 39.2 Å². The highest BCUT2D eigenvalue weighted by molar-refractivity contribution is 8.00. The first-order valence-electron chi connectivity index (χ1n) is 10.6. The van der Waals surface area contributed by atoms with E-state index in [1.54, 1.807) is 42.6 Å². The van der Waals surface area contributed by atoms with Gasteiger partial charge in [-0.2, -0.15) is 0 Å². The van der Waals surface area contributed by atoms with Crippen LogP contribution in [0.1, 0.15) is 17.3 Å². The van der Waals surface area contributed by atoms with E-state index in [1.165, 1.54) is 59.5 Å². The Morgan fingerprint density at radius 3 is 2.56 bits per heavy atom. The molecule has 4 rings (SSSR count). The van der Waals surface area contributed by atoms with Crippen molar-refractivity contribution in [3.8, 4) is 11.3 Å². The minimum Gasteiger partial charge on any atom is -0.322 e. The molecular weight excluding hydrogens is 503 g/mol. The number of anilines is 2. The van der Waals surface area contributed by atoms with Crippen LogP contribution in [0.5, 0.6) is 0 Å². The van der Waals surface area contributed by atoms with Gasteiger partial charge in [-0.3, -0.25) is 19.7 Å². The molecule has 8 nitrogen and oxygen atoms in total. The van der Waals surface area contributed by atoms with Crippen molar-refractivity contribution in [2.24, 2.45) is 0 Å². The fraction of sp³-hybridized carbons (Fsp3) is 0.0800. The van der Waals surface area contributed by atoms with E-state index in [2.05, 4.69) is 15.6 Å². The zero-order valence-corrected chi connectivity index (χ0v) is 20.4. The average Bonchev–Trinajstić information content (AvgIpc) is 3.33. The van der Waals surface area contributed by atoms with Crippen LogP contribution in [0.4, 0.5) is 20.9 Å². The lowest BCUT2D eigenvalue weighted by molar-refractivity contribution is -0.384. The van der Waals surface area contributed by atoms with Crippen LogP contribution in [0.25, 0.3) is 11.3 Å². The molecule has 1 atom stereocenters. The molecule has 1 heterocycles. The molecule has 1 aromatic heterocycles. The molecule has 4 aromatic rings. The summed E-state index contributed by atoms with van der Waals surface area (Å²) in [5.41, 5.74) is 1.88. The lowest BCUT2D eigenvalue weighted by Gasteiger charge is -2.12. The van der Waals surface area contributed by atoms with Crippen molar-refractivity contribution in [1.29, 1.82) is 0 Å². The zero-order valence-electron chi connectivity index (χ0n) is 18.8. The molecule has 3 aromatic carbocycles. The minimum absolute atomic E-state index is 0.165. The number of aromatic nitrogens is 1. The number of thioether (sulfide) groups is 1. The number of amides is 2. The van der Waals surface area contributed by atoms with E-state index in [1.807, 2.05) is 6.07 Å². The molecule has 0 radical (unpaired) electrons. The number of nitrogens with one attached hydrogen (secondary N) is 2. The van der Waals surface area contributed by atoms with Crippen LogP contribution in [-0.4, -0.2) is 27.0 Å². The molecule has 0 saturated carbocycles. The number of hydrogen-bond donors (Lipinski definition) is 2. The summed E-state index contributed by atoms with van der Waals surface area (Å²) in [6.07, 6.45) is 0. The first kappa shape index (κ1) is 25.0. The number of carbonyl (C=O) groups excluding carboxylic acids is 2. The van der Waals surface area contributed by atoms with E-state index >= 15 is 0 Å². The summed E-state index contributed by atoms with van der Waals surface area (Å²) in [5.74, 6) is -1.06. The maximum atomic E-state index is 13.1. The Balaban J connectivity index is 1.36. The lowest BCUT2D eigenvalue weighted by Crippen LogP contribution is -2.22. The summed E-state index contributed by atoms with van der Waals surface area (Å²) in [7, 11) is 0. The normalized spacial score (nSPS) is 11.5. The third kappa shape index (κ3) is 6.32. The molecule has 36 heavy (non-hydrogen) atoms. The number of benzene rings is 3. The summed E-state index contributed by atoms with van der Waals surface area (Å²) in [6.45, 7) is 1.75. The fourth-order valence-electron chi connectivity index (χ4n) is 3.16. The number of carbonyl (C=O) groups is 2. The van der Waals surface area contributed by atoms with Crippen molar-refractivity contribution >= 4 is 51.4 Å². The summed E-state index contributed by atoms with van der Waals surface area (Å²) >= 11 is 2.58. The quantitative estimate of drug-likeness (QED) is 0.161. The molecule has 0 fully saturated rings. The fourth-order valence-corrected chi connectivity index (χ4v) is 4.81. The highest BCUT2D eigenvalue weighted by Gasteiger charge is 2.17. The first-order valence-corrected chi connectivity index (χ1v) is 12.4. The van der Waals surface area contributed by atoms with Gasteiger partial charge in [0.05, 0.1) is 15.9 Å². The Morgan fingerprint density at radius 1 is 1.06 bits per heavy atom. The van der Waals surface area contributed by atoms with Crippen LogP contribution in [-0.2, 0) is 4.79 Å². The van der Waals surface area contributed by atoms with Crippen LogP contribution < -0.4 is 10.6 Å². The Kier molecular flexibility index (Phi) is 7.71. The Morgan fingerprint density at radius 2 is 1.81 bits per heavy atom. The predicted molar refractivity (Wildman–Crippen MR) is 139 cm³/mol. The van der Waals surface area contributed by atoms with Crippen molar-refractivity contribution in [2.45, 2.75) is 17.1 Å². The van der Waals surface area contributed by atoms with Gasteiger partial charge in [-0.05, 0) is 55.5 Å². The first-order chi connectivity index (χ1) is 17.3. The molecule has 0 saturated heterocycles. The Labute approximate surface area is 213 Å². The van der Waals surface area contributed by atoms with Crippen LogP contribution in [0.2, 0.25) is 0 Å². The van der Waals surface area contributed by atoms with E-state index in [4.69, 9.17) is 0 Å². The third-order valence-electron chi connectivity index (χ3n) is 4.97. The Bertz CT molecular complexity index is 1430. The average molecular weight is 523 g/mol. The van der Waals surface area contributed by atoms with Gasteiger partial charge in [0.2, 0.25) is 5.91 Å². The van der Waals surface area contributed by atoms with E-state index < -0.39 is 16.1 Å². The molecule has 0 aliphatic heterocycles. The van der Waals surface area contributed by atoms with Gasteiger partial charge in [-0.1, -0.05) is 12.1 Å². The van der Waals surface area contributed by atoms with E-state index in [0.717, 1.165) is 10.5 Å². The Hall–Kier alpha value is -4.09. The van der Waals surface area contributed by atoms with Crippen LogP contribution in [0.3, 0.4) is 0 Å².